The van der Waals surface area contributed by atoms with Gasteiger partial charge in [0, 0.05) is 24.5 Å². The van der Waals surface area contributed by atoms with Crippen molar-refractivity contribution in [1.82, 2.24) is 4.98 Å². The molecule has 0 aromatic carbocycles. The Balaban J connectivity index is 0.000000980. The van der Waals surface area contributed by atoms with E-state index in [-0.39, 0.29) is 7.21 Å². The number of carbonyl (C=O) groups is 1. The summed E-state index contributed by atoms with van der Waals surface area (Å²) in [7, 11) is 0. The summed E-state index contributed by atoms with van der Waals surface area (Å²) in [5.74, 6) is 0.0822. The van der Waals surface area contributed by atoms with Crippen LogP contribution in [0.3, 0.4) is 0 Å². The Morgan fingerprint density at radius 2 is 2.31 bits per heavy atom. The van der Waals surface area contributed by atoms with E-state index in [1.165, 1.54) is 0 Å². The minimum Gasteiger partial charge on any atom is -0.289 e. The van der Waals surface area contributed by atoms with Crippen molar-refractivity contribution < 1.29 is 6.22 Å². The fourth-order valence-electron chi connectivity index (χ4n) is 1.19. The van der Waals surface area contributed by atoms with E-state index in [1.54, 1.807) is 6.20 Å². The van der Waals surface area contributed by atoms with Gasteiger partial charge in [0.15, 0.2) is 5.78 Å². The lowest BCUT2D eigenvalue weighted by Gasteiger charge is -2.11. The lowest BCUT2D eigenvalue weighted by atomic mass is 9.92. The molecule has 1 aliphatic rings. The Morgan fingerprint density at radius 3 is 2.77 bits per heavy atom. The molecule has 0 bridgehead atoms. The zero-order chi connectivity index (χ0) is 9.26. The van der Waals surface area contributed by atoms with Crippen molar-refractivity contribution in [2.75, 3.05) is 0 Å². The molecule has 1 radical (unpaired) electrons. The number of carbonyl (C=O) groups excluding carboxylic acids is 1. The first kappa shape index (κ1) is 8.17. The van der Waals surface area contributed by atoms with E-state index in [4.69, 9.17) is 0 Å². The Hall–Kier alpha value is -1.44. The summed E-state index contributed by atoms with van der Waals surface area (Å²) in [6.45, 7) is 1.91. The average molecular weight is 174 g/mol. The van der Waals surface area contributed by atoms with Gasteiger partial charge in [0.1, 0.15) is 0 Å². The molecule has 13 heavy (non-hydrogen) atoms. The van der Waals surface area contributed by atoms with E-state index in [0.29, 0.717) is 5.56 Å². The molecule has 0 spiro atoms. The van der Waals surface area contributed by atoms with Crippen molar-refractivity contribution in [3.05, 3.63) is 47.7 Å². The molecule has 1 aromatic heterocycles. The van der Waals surface area contributed by atoms with Gasteiger partial charge in [0.25, 0.3) is 0 Å². The molecule has 0 saturated carbocycles. The number of rotatable bonds is 2. The Labute approximate surface area is 78.8 Å². The molecule has 1 aromatic rings. The van der Waals surface area contributed by atoms with Crippen LogP contribution in [0.4, 0.5) is 0 Å². The van der Waals surface area contributed by atoms with Crippen molar-refractivity contribution in [2.24, 2.45) is 0 Å². The summed E-state index contributed by atoms with van der Waals surface area (Å²) in [5.41, 5.74) is 2.42. The minimum atomic E-state index is 0. The van der Waals surface area contributed by atoms with Crippen molar-refractivity contribution in [2.45, 2.75) is 13.3 Å². The summed E-state index contributed by atoms with van der Waals surface area (Å²) >= 11 is 0. The molecule has 0 saturated heterocycles. The van der Waals surface area contributed by atoms with E-state index < -0.39 is 0 Å². The number of aromatic nitrogens is 1. The van der Waals surface area contributed by atoms with E-state index in [0.717, 1.165) is 17.7 Å². The van der Waals surface area contributed by atoms with Gasteiger partial charge in [0.2, 0.25) is 0 Å². The number of Topliss-reactive ketones (excluding diaryl/α,β-unsaturated/α-hetero) is 1. The number of pyridine rings is 1. The highest BCUT2D eigenvalue weighted by molar-refractivity contribution is 6.10. The number of nitrogens with zero attached hydrogens (tertiary/aromatic N) is 1. The highest BCUT2D eigenvalue weighted by atomic mass is 16.1. The summed E-state index contributed by atoms with van der Waals surface area (Å²) in [4.78, 5) is 15.7. The van der Waals surface area contributed by atoms with Gasteiger partial charge in [-0.05, 0) is 31.9 Å². The number of hydrogen-bond acceptors (Lipinski definition) is 2. The van der Waals surface area contributed by atoms with Crippen LogP contribution in [0.25, 0.3) is 0 Å². The molecule has 0 atom stereocenters. The predicted molar refractivity (Wildman–Crippen MR) is 52.4 cm³/mol. The second-order valence-corrected chi connectivity index (χ2v) is 3.12. The highest BCUT2D eigenvalue weighted by Crippen LogP contribution is 2.20. The van der Waals surface area contributed by atoms with Crippen LogP contribution >= 0.6 is 0 Å². The molecule has 1 aliphatic carbocycles. The fourth-order valence-corrected chi connectivity index (χ4v) is 1.19. The Morgan fingerprint density at radius 1 is 1.54 bits per heavy atom. The summed E-state index contributed by atoms with van der Waals surface area (Å²) in [6, 6.07) is 3.67. The molecule has 0 aliphatic heterocycles. The molecular formula is C11H12NO. The van der Waals surface area contributed by atoms with Gasteiger partial charge < -0.3 is 0 Å². The monoisotopic (exact) mass is 174 g/mol. The summed E-state index contributed by atoms with van der Waals surface area (Å²) in [5, 5.41) is 0. The molecule has 0 N–H and O–H groups in total. The maximum absolute atomic E-state index is 11.6. The first-order valence-corrected chi connectivity index (χ1v) is 4.28. The van der Waals surface area contributed by atoms with Crippen LogP contribution in [0, 0.1) is 13.3 Å². The van der Waals surface area contributed by atoms with Crippen LogP contribution in [0.1, 0.15) is 23.9 Å². The zero-order valence-electron chi connectivity index (χ0n) is 7.45. The lowest BCUT2D eigenvalue weighted by Crippen LogP contribution is -2.09. The van der Waals surface area contributed by atoms with Gasteiger partial charge >= 0.3 is 0 Å². The van der Waals surface area contributed by atoms with Gasteiger partial charge in [-0.25, -0.2) is 0 Å². The molecule has 67 valence electrons. The van der Waals surface area contributed by atoms with Gasteiger partial charge in [-0.15, -0.1) is 0 Å². The molecule has 0 fully saturated rings. The molecule has 2 heteroatoms. The van der Waals surface area contributed by atoms with E-state index in [9.17, 15) is 4.79 Å². The van der Waals surface area contributed by atoms with Crippen molar-refractivity contribution in [3.8, 4) is 0 Å². The normalized spacial score (nSPS) is 14.7. The van der Waals surface area contributed by atoms with Crippen LogP contribution in [-0.2, 0) is 0 Å². The molecule has 0 unspecified atom stereocenters. The fraction of sp³-hybridized carbons (Fsp3) is 0.182. The summed E-state index contributed by atoms with van der Waals surface area (Å²) < 4.78 is 0. The number of aryl methyl sites for hydroxylation is 1. The first-order chi connectivity index (χ1) is 6.27. The second kappa shape index (κ2) is 3.13. The molecule has 2 rings (SSSR count). The van der Waals surface area contributed by atoms with Crippen molar-refractivity contribution in [1.29, 1.82) is 0 Å². The third kappa shape index (κ3) is 1.52. The standard InChI is InChI=1S/C11H10NO.H2/c1-8-5-6-10(7-12-8)11(13)9-3-2-4-9;/h3-7H,2H2,1H3;1H. The number of ketones is 1. The zero-order valence-corrected chi connectivity index (χ0v) is 7.45. The maximum Gasteiger partial charge on any atom is 0.190 e. The maximum atomic E-state index is 11.6. The predicted octanol–water partition coefficient (Wildman–Crippen LogP) is 2.35. The molecule has 2 nitrogen and oxygen atoms in total. The van der Waals surface area contributed by atoms with Crippen molar-refractivity contribution in [3.63, 3.8) is 0 Å². The minimum absolute atomic E-state index is 0. The lowest BCUT2D eigenvalue weighted by molar-refractivity contribution is 0.103. The second-order valence-electron chi connectivity index (χ2n) is 3.12. The highest BCUT2D eigenvalue weighted by Gasteiger charge is 2.16. The van der Waals surface area contributed by atoms with E-state index >= 15 is 0 Å². The van der Waals surface area contributed by atoms with Gasteiger partial charge in [0.05, 0.1) is 0 Å². The summed E-state index contributed by atoms with van der Waals surface area (Å²) in [6.07, 6.45) is 6.41. The third-order valence-corrected chi connectivity index (χ3v) is 2.11. The van der Waals surface area contributed by atoms with E-state index in [2.05, 4.69) is 4.98 Å². The van der Waals surface area contributed by atoms with Crippen LogP contribution in [0.5, 0.6) is 0 Å². The van der Waals surface area contributed by atoms with Crippen LogP contribution in [0.2, 0.25) is 0 Å². The largest absolute Gasteiger partial charge is 0.289 e. The SMILES string of the molecule is Cc1ccc(C(=O)C2=CC[CH]2)cn1.[HH]. The molecule has 1 heterocycles. The van der Waals surface area contributed by atoms with E-state index in [1.807, 2.05) is 31.6 Å². The third-order valence-electron chi connectivity index (χ3n) is 2.11. The van der Waals surface area contributed by atoms with Gasteiger partial charge in [-0.1, -0.05) is 6.08 Å². The average Bonchev–Trinajstić information content (AvgIpc) is 2.02. The molecular weight excluding hydrogens is 162 g/mol. The van der Waals surface area contributed by atoms with Crippen LogP contribution in [-0.4, -0.2) is 10.8 Å². The van der Waals surface area contributed by atoms with Crippen LogP contribution < -0.4 is 0 Å². The van der Waals surface area contributed by atoms with Gasteiger partial charge in [-0.3, -0.25) is 9.78 Å². The quantitative estimate of drug-likeness (QED) is 0.644. The van der Waals surface area contributed by atoms with Crippen molar-refractivity contribution >= 4 is 5.78 Å². The Kier molecular flexibility index (Phi) is 1.97. The number of allylic oxidation sites excluding steroid dienone is 2. The number of hydrogen-bond donors (Lipinski definition) is 0. The topological polar surface area (TPSA) is 30.0 Å². The van der Waals surface area contributed by atoms with Crippen LogP contribution in [0.15, 0.2) is 30.0 Å². The first-order valence-electron chi connectivity index (χ1n) is 4.28. The molecule has 0 amide bonds. The smallest absolute Gasteiger partial charge is 0.190 e. The van der Waals surface area contributed by atoms with Gasteiger partial charge in [-0.2, -0.15) is 0 Å². The Bertz CT molecular complexity index is 367.